The van der Waals surface area contributed by atoms with Crippen LogP contribution in [0.1, 0.15) is 18.1 Å². The van der Waals surface area contributed by atoms with Gasteiger partial charge in [-0.25, -0.2) is 4.57 Å². The van der Waals surface area contributed by atoms with Crippen LogP contribution in [0.3, 0.4) is 0 Å². The fraction of sp³-hybridized carbons (Fsp3) is 0.235. The molecule has 2 heteroatoms. The molecule has 0 atom stereocenters. The van der Waals surface area contributed by atoms with E-state index in [4.69, 9.17) is 0 Å². The third-order valence-electron chi connectivity index (χ3n) is 3.23. The molecule has 1 heterocycles. The average Bonchev–Trinajstić information content (AvgIpc) is 2.40. The largest absolute Gasteiger partial charge is 0.378 e. The summed E-state index contributed by atoms with van der Waals surface area (Å²) >= 11 is 0. The van der Waals surface area contributed by atoms with E-state index in [-0.39, 0.29) is 0 Å². The summed E-state index contributed by atoms with van der Waals surface area (Å²) in [6.07, 6.45) is 6.36. The summed E-state index contributed by atoms with van der Waals surface area (Å²) < 4.78 is 2.04. The maximum absolute atomic E-state index is 2.22. The van der Waals surface area contributed by atoms with E-state index in [0.29, 0.717) is 0 Å². The molecule has 0 unspecified atom stereocenters. The molecule has 0 saturated carbocycles. The molecule has 0 spiro atoms. The molecule has 2 nitrogen and oxygen atoms in total. The van der Waals surface area contributed by atoms with Gasteiger partial charge in [0.25, 0.3) is 0 Å². The Morgan fingerprint density at radius 3 is 2.11 bits per heavy atom. The third-order valence-corrected chi connectivity index (χ3v) is 3.23. The maximum atomic E-state index is 2.22. The van der Waals surface area contributed by atoms with Crippen LogP contribution >= 0.6 is 0 Å². The van der Waals surface area contributed by atoms with Crippen LogP contribution in [0.5, 0.6) is 0 Å². The molecule has 2 rings (SSSR count). The predicted molar refractivity (Wildman–Crippen MR) is 81.9 cm³/mol. The van der Waals surface area contributed by atoms with E-state index in [0.717, 1.165) is 0 Å². The van der Waals surface area contributed by atoms with E-state index in [9.17, 15) is 0 Å². The first kappa shape index (κ1) is 13.3. The highest BCUT2D eigenvalue weighted by atomic mass is 15.1. The van der Waals surface area contributed by atoms with Gasteiger partial charge in [0.2, 0.25) is 0 Å². The van der Waals surface area contributed by atoms with Gasteiger partial charge < -0.3 is 4.90 Å². The van der Waals surface area contributed by atoms with Crippen molar-refractivity contribution in [2.75, 3.05) is 19.0 Å². The smallest absolute Gasteiger partial charge is 0.169 e. The second kappa shape index (κ2) is 5.70. The molecule has 0 aliphatic rings. The highest BCUT2D eigenvalue weighted by molar-refractivity contribution is 5.80. The van der Waals surface area contributed by atoms with Crippen molar-refractivity contribution in [1.29, 1.82) is 0 Å². The third kappa shape index (κ3) is 3.44. The zero-order chi connectivity index (χ0) is 13.8. The zero-order valence-electron chi connectivity index (χ0n) is 12.1. The molecule has 98 valence electrons. The number of allylic oxidation sites excluding steroid dienone is 1. The lowest BCUT2D eigenvalue weighted by molar-refractivity contribution is -0.671. The van der Waals surface area contributed by atoms with Crippen LogP contribution < -0.4 is 9.47 Å². The summed E-state index contributed by atoms with van der Waals surface area (Å²) in [6.45, 7) is 2.15. The number of benzene rings is 1. The number of aryl methyl sites for hydroxylation is 1. The summed E-state index contributed by atoms with van der Waals surface area (Å²) in [5.74, 6) is 0. The van der Waals surface area contributed by atoms with E-state index < -0.39 is 0 Å². The molecule has 0 saturated heterocycles. The van der Waals surface area contributed by atoms with Gasteiger partial charge in [-0.3, -0.25) is 0 Å². The molecule has 19 heavy (non-hydrogen) atoms. The fourth-order valence-corrected chi connectivity index (χ4v) is 1.97. The Morgan fingerprint density at radius 1 is 1.00 bits per heavy atom. The molecule has 0 bridgehead atoms. The average molecular weight is 253 g/mol. The lowest BCUT2D eigenvalue weighted by Gasteiger charge is -2.12. The minimum absolute atomic E-state index is 1.22. The second-order valence-electron chi connectivity index (χ2n) is 5.07. The lowest BCUT2D eigenvalue weighted by atomic mass is 10.1. The van der Waals surface area contributed by atoms with Crippen LogP contribution in [-0.2, 0) is 7.05 Å². The van der Waals surface area contributed by atoms with Crippen LogP contribution in [0.2, 0.25) is 0 Å². The Hall–Kier alpha value is -2.09. The molecular formula is C17H21N2+. The molecule has 1 aromatic carbocycles. The highest BCUT2D eigenvalue weighted by Crippen LogP contribution is 2.18. The number of anilines is 1. The first-order valence-electron chi connectivity index (χ1n) is 6.47. The monoisotopic (exact) mass is 253 g/mol. The van der Waals surface area contributed by atoms with E-state index in [1.54, 1.807) is 0 Å². The minimum Gasteiger partial charge on any atom is -0.378 e. The summed E-state index contributed by atoms with van der Waals surface area (Å²) in [4.78, 5) is 2.11. The summed E-state index contributed by atoms with van der Waals surface area (Å²) in [5, 5.41) is 0. The summed E-state index contributed by atoms with van der Waals surface area (Å²) in [5.41, 5.74) is 4.99. The Kier molecular flexibility index (Phi) is 4.00. The van der Waals surface area contributed by atoms with E-state index >= 15 is 0 Å². The van der Waals surface area contributed by atoms with Crippen LogP contribution in [0, 0.1) is 0 Å². The highest BCUT2D eigenvalue weighted by Gasteiger charge is 1.99. The van der Waals surface area contributed by atoms with Crippen molar-refractivity contribution in [1.82, 2.24) is 0 Å². The van der Waals surface area contributed by atoms with Gasteiger partial charge in [-0.15, -0.1) is 0 Å². The van der Waals surface area contributed by atoms with Gasteiger partial charge in [0.15, 0.2) is 12.4 Å². The van der Waals surface area contributed by atoms with Gasteiger partial charge in [0.1, 0.15) is 7.05 Å². The van der Waals surface area contributed by atoms with Gasteiger partial charge in [0, 0.05) is 31.9 Å². The Bertz CT molecular complexity index is 563. The zero-order valence-corrected chi connectivity index (χ0v) is 12.1. The Morgan fingerprint density at radius 2 is 1.58 bits per heavy atom. The van der Waals surface area contributed by atoms with E-state index in [1.807, 2.05) is 11.6 Å². The first-order chi connectivity index (χ1) is 9.06. The SMILES string of the molecule is C/C(=C\c1ccc(N(C)C)cc1)c1cc[n+](C)cc1. The number of nitrogens with zero attached hydrogens (tertiary/aromatic N) is 2. The number of hydrogen-bond acceptors (Lipinski definition) is 1. The van der Waals surface area contributed by atoms with E-state index in [2.05, 4.69) is 80.8 Å². The molecule has 2 aromatic rings. The maximum Gasteiger partial charge on any atom is 0.169 e. The van der Waals surface area contributed by atoms with Gasteiger partial charge in [-0.2, -0.15) is 0 Å². The quantitative estimate of drug-likeness (QED) is 0.762. The minimum atomic E-state index is 1.22. The summed E-state index contributed by atoms with van der Waals surface area (Å²) in [6, 6.07) is 12.9. The fourth-order valence-electron chi connectivity index (χ4n) is 1.97. The van der Waals surface area contributed by atoms with Crippen LogP contribution in [0.25, 0.3) is 11.6 Å². The van der Waals surface area contributed by atoms with Crippen molar-refractivity contribution in [3.8, 4) is 0 Å². The van der Waals surface area contributed by atoms with Gasteiger partial charge in [-0.05, 0) is 35.8 Å². The second-order valence-corrected chi connectivity index (χ2v) is 5.07. The normalized spacial score (nSPS) is 11.5. The molecule has 0 N–H and O–H groups in total. The standard InChI is InChI=1S/C17H21N2/c1-14(16-9-11-19(4)12-10-16)13-15-5-7-17(8-6-15)18(2)3/h5-13H,1-4H3/q+1. The predicted octanol–water partition coefficient (Wildman–Crippen LogP) is 3.14. The number of aromatic nitrogens is 1. The van der Waals surface area contributed by atoms with Crippen molar-refractivity contribution in [2.45, 2.75) is 6.92 Å². The molecule has 0 radical (unpaired) electrons. The van der Waals surface area contributed by atoms with Crippen molar-refractivity contribution in [3.05, 3.63) is 59.9 Å². The molecule has 0 amide bonds. The number of rotatable bonds is 3. The van der Waals surface area contributed by atoms with Crippen molar-refractivity contribution < 1.29 is 4.57 Å². The van der Waals surface area contributed by atoms with Crippen molar-refractivity contribution in [2.24, 2.45) is 7.05 Å². The van der Waals surface area contributed by atoms with Gasteiger partial charge in [-0.1, -0.05) is 18.2 Å². The number of hydrogen-bond donors (Lipinski definition) is 0. The molecule has 1 aromatic heterocycles. The van der Waals surface area contributed by atoms with Crippen molar-refractivity contribution in [3.63, 3.8) is 0 Å². The van der Waals surface area contributed by atoms with Crippen LogP contribution in [0.15, 0.2) is 48.8 Å². The van der Waals surface area contributed by atoms with E-state index in [1.165, 1.54) is 22.4 Å². The van der Waals surface area contributed by atoms with Gasteiger partial charge >= 0.3 is 0 Å². The van der Waals surface area contributed by atoms with Crippen molar-refractivity contribution >= 4 is 17.3 Å². The Labute approximate surface area is 115 Å². The molecule has 0 aliphatic heterocycles. The van der Waals surface area contributed by atoms with Gasteiger partial charge in [0.05, 0.1) is 0 Å². The topological polar surface area (TPSA) is 7.12 Å². The molecular weight excluding hydrogens is 232 g/mol. The first-order valence-corrected chi connectivity index (χ1v) is 6.47. The van der Waals surface area contributed by atoms with Crippen LogP contribution in [0.4, 0.5) is 5.69 Å². The molecule has 0 aliphatic carbocycles. The summed E-state index contributed by atoms with van der Waals surface area (Å²) in [7, 11) is 6.14. The van der Waals surface area contributed by atoms with Crippen LogP contribution in [-0.4, -0.2) is 14.1 Å². The molecule has 0 fully saturated rings. The number of pyridine rings is 1. The lowest BCUT2D eigenvalue weighted by Crippen LogP contribution is -2.25. The Balaban J connectivity index is 2.22.